The summed E-state index contributed by atoms with van der Waals surface area (Å²) in [4.78, 5) is 0. The lowest BCUT2D eigenvalue weighted by atomic mass is 9.77. The van der Waals surface area contributed by atoms with Crippen LogP contribution in [-0.4, -0.2) is 26.8 Å². The number of methoxy groups -OCH3 is 1. The minimum absolute atomic E-state index is 0.507. The lowest BCUT2D eigenvalue weighted by Gasteiger charge is -2.37. The molecule has 1 unspecified atom stereocenters. The normalized spacial score (nSPS) is 36.8. The molecule has 1 heterocycles. The van der Waals surface area contributed by atoms with E-state index >= 15 is 0 Å². The van der Waals surface area contributed by atoms with Gasteiger partial charge in [-0.05, 0) is 38.1 Å². The highest BCUT2D eigenvalue weighted by Gasteiger charge is 2.45. The van der Waals surface area contributed by atoms with E-state index in [4.69, 9.17) is 4.74 Å². The number of ether oxygens (including phenoxy) is 1. The lowest BCUT2D eigenvalue weighted by Crippen LogP contribution is -2.44. The van der Waals surface area contributed by atoms with Crippen LogP contribution in [-0.2, 0) is 4.74 Å². The Hall–Kier alpha value is -0.0800. The second-order valence-corrected chi connectivity index (χ2v) is 4.35. The van der Waals surface area contributed by atoms with E-state index in [0.29, 0.717) is 5.41 Å². The Morgan fingerprint density at radius 1 is 1.50 bits per heavy atom. The van der Waals surface area contributed by atoms with Crippen LogP contribution in [0, 0.1) is 11.3 Å². The first-order chi connectivity index (χ1) is 5.87. The van der Waals surface area contributed by atoms with E-state index < -0.39 is 0 Å². The summed E-state index contributed by atoms with van der Waals surface area (Å²) in [5.41, 5.74) is 0.507. The summed E-state index contributed by atoms with van der Waals surface area (Å²) >= 11 is 0. The van der Waals surface area contributed by atoms with Crippen LogP contribution in [0.1, 0.15) is 25.7 Å². The first-order valence-electron chi connectivity index (χ1n) is 5.07. The van der Waals surface area contributed by atoms with E-state index in [9.17, 15) is 0 Å². The van der Waals surface area contributed by atoms with Gasteiger partial charge in [0.2, 0.25) is 0 Å². The van der Waals surface area contributed by atoms with Crippen LogP contribution in [0.2, 0.25) is 0 Å². The van der Waals surface area contributed by atoms with Crippen molar-refractivity contribution in [1.82, 2.24) is 5.32 Å². The number of nitrogens with one attached hydrogen (secondary N) is 1. The van der Waals surface area contributed by atoms with Gasteiger partial charge in [-0.25, -0.2) is 0 Å². The molecule has 1 saturated heterocycles. The van der Waals surface area contributed by atoms with Gasteiger partial charge in [0, 0.05) is 19.1 Å². The largest absolute Gasteiger partial charge is 0.384 e. The quantitative estimate of drug-likeness (QED) is 0.689. The maximum absolute atomic E-state index is 5.35. The fourth-order valence-electron chi connectivity index (χ4n) is 2.56. The van der Waals surface area contributed by atoms with E-state index in [1.54, 1.807) is 0 Å². The Bertz CT molecular complexity index is 142. The van der Waals surface area contributed by atoms with Crippen LogP contribution in [0.15, 0.2) is 0 Å². The summed E-state index contributed by atoms with van der Waals surface area (Å²) in [6, 6.07) is 0. The summed E-state index contributed by atoms with van der Waals surface area (Å²) in [7, 11) is 1.83. The first-order valence-corrected chi connectivity index (χ1v) is 5.07. The van der Waals surface area contributed by atoms with Gasteiger partial charge in [0.25, 0.3) is 0 Å². The highest BCUT2D eigenvalue weighted by atomic mass is 16.5. The highest BCUT2D eigenvalue weighted by Crippen LogP contribution is 2.49. The Morgan fingerprint density at radius 2 is 2.33 bits per heavy atom. The molecule has 1 aliphatic carbocycles. The van der Waals surface area contributed by atoms with E-state index in [-0.39, 0.29) is 0 Å². The van der Waals surface area contributed by atoms with Crippen molar-refractivity contribution in [3.63, 3.8) is 0 Å². The maximum Gasteiger partial charge on any atom is 0.0533 e. The fourth-order valence-corrected chi connectivity index (χ4v) is 2.56. The Balaban J connectivity index is 1.98. The predicted octanol–water partition coefficient (Wildman–Crippen LogP) is 1.41. The molecule has 70 valence electrons. The van der Waals surface area contributed by atoms with Crippen molar-refractivity contribution in [1.29, 1.82) is 0 Å². The standard InChI is InChI=1S/C10H19NO/c1-12-8-10(9-3-4-9)5-2-6-11-7-10/h9,11H,2-8H2,1H3. The molecular weight excluding hydrogens is 150 g/mol. The van der Waals surface area contributed by atoms with Gasteiger partial charge in [-0.2, -0.15) is 0 Å². The monoisotopic (exact) mass is 169 g/mol. The van der Waals surface area contributed by atoms with Crippen molar-refractivity contribution in [3.05, 3.63) is 0 Å². The van der Waals surface area contributed by atoms with E-state index in [1.165, 1.54) is 38.8 Å². The predicted molar refractivity (Wildman–Crippen MR) is 49.1 cm³/mol. The second kappa shape index (κ2) is 3.35. The molecule has 0 spiro atoms. The molecule has 2 rings (SSSR count). The first kappa shape index (κ1) is 8.52. The van der Waals surface area contributed by atoms with Gasteiger partial charge in [-0.1, -0.05) is 0 Å². The molecule has 1 atom stereocenters. The van der Waals surface area contributed by atoms with Gasteiger partial charge in [-0.3, -0.25) is 0 Å². The zero-order valence-corrected chi connectivity index (χ0v) is 7.94. The van der Waals surface area contributed by atoms with Gasteiger partial charge in [0.05, 0.1) is 6.61 Å². The van der Waals surface area contributed by atoms with Crippen molar-refractivity contribution in [2.24, 2.45) is 11.3 Å². The van der Waals surface area contributed by atoms with Crippen LogP contribution in [0.5, 0.6) is 0 Å². The molecule has 2 nitrogen and oxygen atoms in total. The Kier molecular flexibility index (Phi) is 2.37. The van der Waals surface area contributed by atoms with Crippen molar-refractivity contribution in [2.45, 2.75) is 25.7 Å². The minimum atomic E-state index is 0.507. The molecule has 0 aromatic carbocycles. The Labute approximate surface area is 74.7 Å². The van der Waals surface area contributed by atoms with Gasteiger partial charge in [-0.15, -0.1) is 0 Å². The minimum Gasteiger partial charge on any atom is -0.384 e. The Morgan fingerprint density at radius 3 is 2.83 bits per heavy atom. The SMILES string of the molecule is COCC1(C2CC2)CCCNC1. The lowest BCUT2D eigenvalue weighted by molar-refractivity contribution is 0.0413. The van der Waals surface area contributed by atoms with E-state index in [0.717, 1.165) is 12.5 Å². The average Bonchev–Trinajstić information content (AvgIpc) is 2.89. The van der Waals surface area contributed by atoms with Gasteiger partial charge >= 0.3 is 0 Å². The van der Waals surface area contributed by atoms with E-state index in [2.05, 4.69) is 5.32 Å². The zero-order valence-electron chi connectivity index (χ0n) is 7.94. The second-order valence-electron chi connectivity index (χ2n) is 4.35. The summed E-state index contributed by atoms with van der Waals surface area (Å²) in [6.07, 6.45) is 5.58. The molecule has 12 heavy (non-hydrogen) atoms. The number of hydrogen-bond acceptors (Lipinski definition) is 2. The molecular formula is C10H19NO. The van der Waals surface area contributed by atoms with Crippen molar-refractivity contribution in [3.8, 4) is 0 Å². The smallest absolute Gasteiger partial charge is 0.0533 e. The molecule has 1 aliphatic heterocycles. The molecule has 1 saturated carbocycles. The number of piperidine rings is 1. The zero-order chi connectivity index (χ0) is 8.44. The van der Waals surface area contributed by atoms with Crippen LogP contribution in [0.3, 0.4) is 0 Å². The van der Waals surface area contributed by atoms with Crippen molar-refractivity contribution in [2.75, 3.05) is 26.8 Å². The summed E-state index contributed by atoms with van der Waals surface area (Å²) in [5.74, 6) is 0.963. The molecule has 0 aromatic rings. The van der Waals surface area contributed by atoms with Crippen LogP contribution in [0.4, 0.5) is 0 Å². The molecule has 0 aromatic heterocycles. The molecule has 0 radical (unpaired) electrons. The molecule has 2 heteroatoms. The third kappa shape index (κ3) is 1.50. The maximum atomic E-state index is 5.35. The molecule has 1 N–H and O–H groups in total. The molecule has 2 fully saturated rings. The average molecular weight is 169 g/mol. The van der Waals surface area contributed by atoms with Crippen molar-refractivity contribution < 1.29 is 4.74 Å². The van der Waals surface area contributed by atoms with E-state index in [1.807, 2.05) is 7.11 Å². The van der Waals surface area contributed by atoms with Gasteiger partial charge in [0.15, 0.2) is 0 Å². The van der Waals surface area contributed by atoms with Crippen LogP contribution < -0.4 is 5.32 Å². The molecule has 0 amide bonds. The number of rotatable bonds is 3. The van der Waals surface area contributed by atoms with Gasteiger partial charge in [0.1, 0.15) is 0 Å². The van der Waals surface area contributed by atoms with Crippen LogP contribution in [0.25, 0.3) is 0 Å². The topological polar surface area (TPSA) is 21.3 Å². The summed E-state index contributed by atoms with van der Waals surface area (Å²) < 4.78 is 5.35. The number of hydrogen-bond donors (Lipinski definition) is 1. The van der Waals surface area contributed by atoms with Crippen LogP contribution >= 0.6 is 0 Å². The highest BCUT2D eigenvalue weighted by molar-refractivity contribution is 4.97. The third-order valence-corrected chi connectivity index (χ3v) is 3.38. The van der Waals surface area contributed by atoms with Gasteiger partial charge < -0.3 is 10.1 Å². The molecule has 0 bridgehead atoms. The van der Waals surface area contributed by atoms with Crippen molar-refractivity contribution >= 4 is 0 Å². The summed E-state index contributed by atoms with van der Waals surface area (Å²) in [6.45, 7) is 3.36. The fraction of sp³-hybridized carbons (Fsp3) is 1.00. The molecule has 2 aliphatic rings. The summed E-state index contributed by atoms with van der Waals surface area (Å²) in [5, 5.41) is 3.50. The third-order valence-electron chi connectivity index (χ3n) is 3.38.